The zero-order chi connectivity index (χ0) is 9.05. The van der Waals surface area contributed by atoms with E-state index >= 15 is 0 Å². The number of carbonyl (C=O) groups is 1. The number of fused-ring (bicyclic) bond motifs is 5. The van der Waals surface area contributed by atoms with Crippen LogP contribution in [0.25, 0.3) is 0 Å². The smallest absolute Gasteiger partial charge is 0.314 e. The summed E-state index contributed by atoms with van der Waals surface area (Å²) in [5.74, 6) is 0.512. The summed E-state index contributed by atoms with van der Waals surface area (Å²) >= 11 is 0. The van der Waals surface area contributed by atoms with Gasteiger partial charge in [-0.15, -0.1) is 0 Å². The molecule has 1 saturated carbocycles. The summed E-state index contributed by atoms with van der Waals surface area (Å²) in [6.07, 6.45) is 10.3. The van der Waals surface area contributed by atoms with Crippen LogP contribution >= 0.6 is 0 Å². The standard InChI is InChI=1S/C11H12O2/c12-10(13)11-5-1-2-9(11)7-3-4-8(11)6-7/h1,3-5,7-9H,2,6H2,(H,12,13). The van der Waals surface area contributed by atoms with Gasteiger partial charge in [0.05, 0.1) is 5.41 Å². The molecule has 4 atom stereocenters. The third-order valence-corrected chi connectivity index (χ3v) is 4.01. The van der Waals surface area contributed by atoms with Gasteiger partial charge in [-0.25, -0.2) is 0 Å². The van der Waals surface area contributed by atoms with Gasteiger partial charge in [0.2, 0.25) is 0 Å². The van der Waals surface area contributed by atoms with E-state index in [-0.39, 0.29) is 5.92 Å². The van der Waals surface area contributed by atoms with Crippen molar-refractivity contribution in [2.75, 3.05) is 0 Å². The largest absolute Gasteiger partial charge is 0.481 e. The second kappa shape index (κ2) is 2.06. The molecule has 13 heavy (non-hydrogen) atoms. The Bertz CT molecular complexity index is 329. The number of rotatable bonds is 1. The summed E-state index contributed by atoms with van der Waals surface area (Å²) in [6, 6.07) is 0. The lowest BCUT2D eigenvalue weighted by Gasteiger charge is -2.31. The van der Waals surface area contributed by atoms with Gasteiger partial charge in [-0.2, -0.15) is 0 Å². The molecule has 3 aliphatic carbocycles. The maximum atomic E-state index is 11.3. The summed E-state index contributed by atoms with van der Waals surface area (Å²) in [7, 11) is 0. The topological polar surface area (TPSA) is 37.3 Å². The van der Waals surface area contributed by atoms with Gasteiger partial charge < -0.3 is 5.11 Å². The van der Waals surface area contributed by atoms with E-state index < -0.39 is 11.4 Å². The minimum atomic E-state index is -0.622. The molecule has 3 aliphatic rings. The Kier molecular flexibility index (Phi) is 1.17. The molecule has 68 valence electrons. The number of carboxylic acid groups (broad SMARTS) is 1. The van der Waals surface area contributed by atoms with Crippen LogP contribution in [0.1, 0.15) is 12.8 Å². The molecular formula is C11H12O2. The molecule has 0 saturated heterocycles. The van der Waals surface area contributed by atoms with Crippen LogP contribution in [0.2, 0.25) is 0 Å². The fourth-order valence-corrected chi connectivity index (χ4v) is 3.42. The molecule has 0 aliphatic heterocycles. The number of hydrogen-bond acceptors (Lipinski definition) is 1. The SMILES string of the molecule is O=C(O)C12C=CCC1C1C=CC2C1. The zero-order valence-corrected chi connectivity index (χ0v) is 7.31. The molecule has 0 aromatic rings. The molecule has 0 radical (unpaired) electrons. The molecule has 1 fully saturated rings. The minimum absolute atomic E-state index is 0.263. The van der Waals surface area contributed by atoms with E-state index in [9.17, 15) is 9.90 Å². The highest BCUT2D eigenvalue weighted by atomic mass is 16.4. The van der Waals surface area contributed by atoms with Crippen molar-refractivity contribution in [1.82, 2.24) is 0 Å². The molecule has 4 unspecified atom stereocenters. The van der Waals surface area contributed by atoms with E-state index in [4.69, 9.17) is 0 Å². The molecule has 3 rings (SSSR count). The number of hydrogen-bond donors (Lipinski definition) is 1. The number of carboxylic acids is 1. The first-order valence-corrected chi connectivity index (χ1v) is 4.84. The van der Waals surface area contributed by atoms with Gasteiger partial charge >= 0.3 is 5.97 Å². The number of allylic oxidation sites excluding steroid dienone is 3. The summed E-state index contributed by atoms with van der Waals surface area (Å²) < 4.78 is 0. The Morgan fingerprint density at radius 2 is 2.31 bits per heavy atom. The van der Waals surface area contributed by atoms with Crippen molar-refractivity contribution in [3.8, 4) is 0 Å². The van der Waals surface area contributed by atoms with E-state index in [1.54, 1.807) is 0 Å². The predicted molar refractivity (Wildman–Crippen MR) is 48.1 cm³/mol. The molecular weight excluding hydrogens is 164 g/mol. The summed E-state index contributed by atoms with van der Waals surface area (Å²) in [5.41, 5.74) is -0.528. The van der Waals surface area contributed by atoms with Crippen molar-refractivity contribution in [2.45, 2.75) is 12.8 Å². The van der Waals surface area contributed by atoms with Crippen LogP contribution in [0.15, 0.2) is 24.3 Å². The first-order valence-electron chi connectivity index (χ1n) is 4.84. The van der Waals surface area contributed by atoms with Crippen LogP contribution in [0.5, 0.6) is 0 Å². The van der Waals surface area contributed by atoms with Crippen molar-refractivity contribution in [2.24, 2.45) is 23.2 Å². The second-order valence-corrected chi connectivity index (χ2v) is 4.37. The molecule has 1 N–H and O–H groups in total. The van der Waals surface area contributed by atoms with Gasteiger partial charge in [-0.1, -0.05) is 24.3 Å². The normalized spacial score (nSPS) is 50.0. The molecule has 2 bridgehead atoms. The maximum absolute atomic E-state index is 11.3. The van der Waals surface area contributed by atoms with Gasteiger partial charge in [0, 0.05) is 0 Å². The van der Waals surface area contributed by atoms with E-state index in [0.29, 0.717) is 11.8 Å². The van der Waals surface area contributed by atoms with Gasteiger partial charge in [0.15, 0.2) is 0 Å². The van der Waals surface area contributed by atoms with E-state index in [1.807, 2.05) is 12.2 Å². The second-order valence-electron chi connectivity index (χ2n) is 4.37. The van der Waals surface area contributed by atoms with Crippen molar-refractivity contribution >= 4 is 5.97 Å². The Hall–Kier alpha value is -1.05. The quantitative estimate of drug-likeness (QED) is 0.619. The average Bonchev–Trinajstić information content (AvgIpc) is 2.76. The van der Waals surface area contributed by atoms with Crippen LogP contribution in [0, 0.1) is 23.2 Å². The van der Waals surface area contributed by atoms with Crippen LogP contribution in [0.4, 0.5) is 0 Å². The van der Waals surface area contributed by atoms with Crippen LogP contribution in [-0.2, 0) is 4.79 Å². The van der Waals surface area contributed by atoms with E-state index in [1.165, 1.54) is 0 Å². The lowest BCUT2D eigenvalue weighted by atomic mass is 9.71. The van der Waals surface area contributed by atoms with Crippen molar-refractivity contribution in [3.05, 3.63) is 24.3 Å². The summed E-state index contributed by atoms with van der Waals surface area (Å²) in [6.45, 7) is 0. The zero-order valence-electron chi connectivity index (χ0n) is 7.31. The van der Waals surface area contributed by atoms with Crippen LogP contribution < -0.4 is 0 Å². The third kappa shape index (κ3) is 0.642. The first-order chi connectivity index (χ1) is 6.25. The van der Waals surface area contributed by atoms with E-state index in [0.717, 1.165) is 12.8 Å². The Morgan fingerprint density at radius 1 is 1.46 bits per heavy atom. The number of aliphatic carboxylic acids is 1. The highest BCUT2D eigenvalue weighted by Crippen LogP contribution is 2.60. The average molecular weight is 176 g/mol. The predicted octanol–water partition coefficient (Wildman–Crippen LogP) is 1.84. The van der Waals surface area contributed by atoms with Gasteiger partial charge in [0.25, 0.3) is 0 Å². The lowest BCUT2D eigenvalue weighted by Crippen LogP contribution is -2.37. The maximum Gasteiger partial charge on any atom is 0.314 e. The van der Waals surface area contributed by atoms with Gasteiger partial charge in [0.1, 0.15) is 0 Å². The molecule has 0 spiro atoms. The molecule has 0 aromatic carbocycles. The summed E-state index contributed by atoms with van der Waals surface area (Å²) in [5, 5.41) is 9.31. The Morgan fingerprint density at radius 3 is 3.00 bits per heavy atom. The lowest BCUT2D eigenvalue weighted by molar-refractivity contribution is -0.149. The molecule has 0 heterocycles. The van der Waals surface area contributed by atoms with Crippen molar-refractivity contribution < 1.29 is 9.90 Å². The van der Waals surface area contributed by atoms with Gasteiger partial charge in [-0.3, -0.25) is 4.79 Å². The van der Waals surface area contributed by atoms with Crippen LogP contribution in [-0.4, -0.2) is 11.1 Å². The van der Waals surface area contributed by atoms with E-state index in [2.05, 4.69) is 12.2 Å². The third-order valence-electron chi connectivity index (χ3n) is 4.01. The van der Waals surface area contributed by atoms with Crippen molar-refractivity contribution in [3.63, 3.8) is 0 Å². The Balaban J connectivity index is 2.14. The Labute approximate surface area is 76.9 Å². The monoisotopic (exact) mass is 176 g/mol. The fourth-order valence-electron chi connectivity index (χ4n) is 3.42. The first kappa shape index (κ1) is 7.36. The molecule has 0 amide bonds. The molecule has 0 aromatic heterocycles. The highest BCUT2D eigenvalue weighted by Gasteiger charge is 2.60. The van der Waals surface area contributed by atoms with Crippen LogP contribution in [0.3, 0.4) is 0 Å². The summed E-state index contributed by atoms with van der Waals surface area (Å²) in [4.78, 5) is 11.3. The molecule has 2 nitrogen and oxygen atoms in total. The molecule has 2 heteroatoms. The fraction of sp³-hybridized carbons (Fsp3) is 0.545. The minimum Gasteiger partial charge on any atom is -0.481 e. The van der Waals surface area contributed by atoms with Gasteiger partial charge in [-0.05, 0) is 30.6 Å². The highest BCUT2D eigenvalue weighted by molar-refractivity contribution is 5.80. The van der Waals surface area contributed by atoms with Crippen molar-refractivity contribution in [1.29, 1.82) is 0 Å².